The minimum atomic E-state index is -0.0314. The van der Waals surface area contributed by atoms with Crippen molar-refractivity contribution in [3.05, 3.63) is 30.3 Å². The highest BCUT2D eigenvalue weighted by atomic mass is 16.5. The number of urea groups is 1. The second-order valence-corrected chi connectivity index (χ2v) is 6.68. The third-order valence-corrected chi connectivity index (χ3v) is 4.84. The molecule has 1 atom stereocenters. The van der Waals surface area contributed by atoms with E-state index in [0.29, 0.717) is 26.1 Å². The Morgan fingerprint density at radius 1 is 1.20 bits per heavy atom. The number of carbonyl (C=O) groups excluding carboxylic acids is 2. The Kier molecular flexibility index (Phi) is 6.14. The minimum absolute atomic E-state index is 0.0314. The van der Waals surface area contributed by atoms with Gasteiger partial charge in [0, 0.05) is 38.6 Å². The molecule has 1 unspecified atom stereocenters. The Morgan fingerprint density at radius 3 is 2.80 bits per heavy atom. The number of nitrogens with one attached hydrogen (secondary N) is 1. The summed E-state index contributed by atoms with van der Waals surface area (Å²) >= 11 is 0. The second-order valence-electron chi connectivity index (χ2n) is 6.68. The number of rotatable bonds is 6. The Labute approximate surface area is 149 Å². The van der Waals surface area contributed by atoms with E-state index in [9.17, 15) is 9.59 Å². The van der Waals surface area contributed by atoms with Gasteiger partial charge in [0.25, 0.3) is 0 Å². The molecule has 0 saturated carbocycles. The first kappa shape index (κ1) is 17.6. The molecule has 3 rings (SSSR count). The summed E-state index contributed by atoms with van der Waals surface area (Å²) in [5, 5.41) is 2.96. The number of carbonyl (C=O) groups is 2. The lowest BCUT2D eigenvalue weighted by Crippen LogP contribution is -2.52. The first-order valence-electron chi connectivity index (χ1n) is 9.24. The highest BCUT2D eigenvalue weighted by molar-refractivity contribution is 5.79. The molecule has 136 valence electrons. The highest BCUT2D eigenvalue weighted by Gasteiger charge is 2.32. The van der Waals surface area contributed by atoms with Crippen LogP contribution >= 0.6 is 0 Å². The SMILES string of the molecule is O=C(NCCCOc1ccccc1)N1CCCC(N2CCCC2=O)C1. The van der Waals surface area contributed by atoms with Crippen molar-refractivity contribution in [2.24, 2.45) is 0 Å². The lowest BCUT2D eigenvalue weighted by molar-refractivity contribution is -0.130. The molecule has 0 radical (unpaired) electrons. The van der Waals surface area contributed by atoms with Crippen molar-refractivity contribution >= 4 is 11.9 Å². The maximum atomic E-state index is 12.3. The number of ether oxygens (including phenoxy) is 1. The van der Waals surface area contributed by atoms with Gasteiger partial charge in [-0.15, -0.1) is 0 Å². The molecule has 2 aliphatic heterocycles. The molecular formula is C19H27N3O3. The van der Waals surface area contributed by atoms with Crippen molar-refractivity contribution in [1.82, 2.24) is 15.1 Å². The fourth-order valence-electron chi connectivity index (χ4n) is 3.53. The van der Waals surface area contributed by atoms with Gasteiger partial charge in [0.1, 0.15) is 5.75 Å². The molecule has 1 aromatic carbocycles. The molecule has 6 heteroatoms. The van der Waals surface area contributed by atoms with E-state index in [1.54, 1.807) is 0 Å². The van der Waals surface area contributed by atoms with Crippen molar-refractivity contribution < 1.29 is 14.3 Å². The number of hydrogen-bond donors (Lipinski definition) is 1. The van der Waals surface area contributed by atoms with Gasteiger partial charge in [0.2, 0.25) is 5.91 Å². The average Bonchev–Trinajstić information content (AvgIpc) is 3.08. The van der Waals surface area contributed by atoms with Crippen LogP contribution in [0.2, 0.25) is 0 Å². The number of benzene rings is 1. The molecule has 0 spiro atoms. The van der Waals surface area contributed by atoms with Crippen molar-refractivity contribution in [2.75, 3.05) is 32.8 Å². The van der Waals surface area contributed by atoms with E-state index in [1.165, 1.54) is 0 Å². The molecule has 0 bridgehead atoms. The van der Waals surface area contributed by atoms with Crippen molar-refractivity contribution in [3.8, 4) is 5.75 Å². The van der Waals surface area contributed by atoms with Crippen LogP contribution in [0, 0.1) is 0 Å². The van der Waals surface area contributed by atoms with Gasteiger partial charge in [-0.1, -0.05) is 18.2 Å². The summed E-state index contributed by atoms with van der Waals surface area (Å²) in [5.41, 5.74) is 0. The normalized spacial score (nSPS) is 20.6. The van der Waals surface area contributed by atoms with Gasteiger partial charge < -0.3 is 19.9 Å². The van der Waals surface area contributed by atoms with Crippen molar-refractivity contribution in [2.45, 2.75) is 38.1 Å². The zero-order valence-electron chi connectivity index (χ0n) is 14.7. The van der Waals surface area contributed by atoms with E-state index in [0.717, 1.165) is 44.5 Å². The lowest BCUT2D eigenvalue weighted by Gasteiger charge is -2.37. The standard InChI is InChI=1S/C19H27N3O3/c23-18-10-5-13-22(18)16-7-4-12-21(15-16)19(24)20-11-6-14-25-17-8-2-1-3-9-17/h1-3,8-9,16H,4-7,10-15H2,(H,20,24). The fourth-order valence-corrected chi connectivity index (χ4v) is 3.53. The maximum absolute atomic E-state index is 12.3. The van der Waals surface area contributed by atoms with E-state index >= 15 is 0 Å². The molecule has 3 amide bonds. The Bertz CT molecular complexity index is 579. The number of likely N-dealkylation sites (tertiary alicyclic amines) is 2. The van der Waals surface area contributed by atoms with Crippen molar-refractivity contribution in [1.29, 1.82) is 0 Å². The van der Waals surface area contributed by atoms with Crippen LogP contribution < -0.4 is 10.1 Å². The summed E-state index contributed by atoms with van der Waals surface area (Å²) in [5.74, 6) is 1.09. The second kappa shape index (κ2) is 8.74. The predicted molar refractivity (Wildman–Crippen MR) is 95.5 cm³/mol. The number of hydrogen-bond acceptors (Lipinski definition) is 3. The molecule has 6 nitrogen and oxygen atoms in total. The van der Waals surface area contributed by atoms with Gasteiger partial charge in [-0.2, -0.15) is 0 Å². The monoisotopic (exact) mass is 345 g/mol. The third kappa shape index (κ3) is 4.87. The van der Waals surface area contributed by atoms with Gasteiger partial charge >= 0.3 is 6.03 Å². The average molecular weight is 345 g/mol. The summed E-state index contributed by atoms with van der Waals surface area (Å²) in [4.78, 5) is 28.1. The summed E-state index contributed by atoms with van der Waals surface area (Å²) in [6.07, 6.45) is 4.33. The van der Waals surface area contributed by atoms with Crippen molar-refractivity contribution in [3.63, 3.8) is 0 Å². The zero-order chi connectivity index (χ0) is 17.5. The number of nitrogens with zero attached hydrogens (tertiary/aromatic N) is 2. The lowest BCUT2D eigenvalue weighted by atomic mass is 10.0. The fraction of sp³-hybridized carbons (Fsp3) is 0.579. The Balaban J connectivity index is 1.35. The number of amides is 3. The number of piperidine rings is 1. The smallest absolute Gasteiger partial charge is 0.317 e. The van der Waals surface area contributed by atoms with Crippen LogP contribution in [-0.4, -0.2) is 60.6 Å². The van der Waals surface area contributed by atoms with Crippen LogP contribution in [0.15, 0.2) is 30.3 Å². The molecule has 1 N–H and O–H groups in total. The molecule has 2 aliphatic rings. The first-order valence-corrected chi connectivity index (χ1v) is 9.24. The van der Waals surface area contributed by atoms with Gasteiger partial charge in [0.15, 0.2) is 0 Å². The highest BCUT2D eigenvalue weighted by Crippen LogP contribution is 2.21. The third-order valence-electron chi connectivity index (χ3n) is 4.84. The topological polar surface area (TPSA) is 61.9 Å². The molecule has 0 aromatic heterocycles. The Hall–Kier alpha value is -2.24. The Morgan fingerprint density at radius 2 is 2.04 bits per heavy atom. The van der Waals surface area contributed by atoms with Crippen LogP contribution in [0.1, 0.15) is 32.1 Å². The molecular weight excluding hydrogens is 318 g/mol. The van der Waals surface area contributed by atoms with Crippen LogP contribution in [-0.2, 0) is 4.79 Å². The van der Waals surface area contributed by atoms with E-state index < -0.39 is 0 Å². The summed E-state index contributed by atoms with van der Waals surface area (Å²) in [6.45, 7) is 3.43. The van der Waals surface area contributed by atoms with Gasteiger partial charge in [-0.25, -0.2) is 4.79 Å². The van der Waals surface area contributed by atoms with E-state index in [4.69, 9.17) is 4.74 Å². The summed E-state index contributed by atoms with van der Waals surface area (Å²) < 4.78 is 5.62. The first-order chi connectivity index (χ1) is 12.2. The summed E-state index contributed by atoms with van der Waals surface area (Å²) in [7, 11) is 0. The largest absolute Gasteiger partial charge is 0.494 e. The molecule has 2 heterocycles. The van der Waals surface area contributed by atoms with Crippen LogP contribution in [0.4, 0.5) is 4.79 Å². The summed E-state index contributed by atoms with van der Waals surface area (Å²) in [6, 6.07) is 9.84. The van der Waals surface area contributed by atoms with Gasteiger partial charge in [-0.05, 0) is 37.8 Å². The van der Waals surface area contributed by atoms with Gasteiger partial charge in [0.05, 0.1) is 6.61 Å². The molecule has 0 aliphatic carbocycles. The number of para-hydroxylation sites is 1. The van der Waals surface area contributed by atoms with E-state index in [2.05, 4.69) is 5.32 Å². The van der Waals surface area contributed by atoms with E-state index in [-0.39, 0.29) is 18.0 Å². The minimum Gasteiger partial charge on any atom is -0.494 e. The van der Waals surface area contributed by atoms with Crippen LogP contribution in [0.5, 0.6) is 5.75 Å². The van der Waals surface area contributed by atoms with Crippen LogP contribution in [0.25, 0.3) is 0 Å². The quantitative estimate of drug-likeness (QED) is 0.805. The van der Waals surface area contributed by atoms with Crippen LogP contribution in [0.3, 0.4) is 0 Å². The molecule has 2 saturated heterocycles. The molecule has 2 fully saturated rings. The molecule has 1 aromatic rings. The maximum Gasteiger partial charge on any atom is 0.317 e. The predicted octanol–water partition coefficient (Wildman–Crippen LogP) is 2.25. The molecule has 25 heavy (non-hydrogen) atoms. The van der Waals surface area contributed by atoms with Gasteiger partial charge in [-0.3, -0.25) is 4.79 Å². The van der Waals surface area contributed by atoms with E-state index in [1.807, 2.05) is 40.1 Å². The zero-order valence-corrected chi connectivity index (χ0v) is 14.7.